The van der Waals surface area contributed by atoms with Crippen molar-refractivity contribution in [2.75, 3.05) is 32.6 Å². The molecule has 2 rings (SSSR count). The zero-order valence-corrected chi connectivity index (χ0v) is 16.9. The van der Waals surface area contributed by atoms with Crippen molar-refractivity contribution >= 4 is 11.6 Å². The average Bonchev–Trinajstić information content (AvgIpc) is 2.66. The number of carbonyl (C=O) groups excluding carboxylic acids is 1. The third kappa shape index (κ3) is 5.73. The average molecular weight is 370 g/mol. The van der Waals surface area contributed by atoms with Crippen molar-refractivity contribution in [3.63, 3.8) is 0 Å². The van der Waals surface area contributed by atoms with Gasteiger partial charge in [0.25, 0.3) is 0 Å². The zero-order chi connectivity index (χ0) is 19.8. The van der Waals surface area contributed by atoms with E-state index in [-0.39, 0.29) is 12.5 Å². The fraction of sp³-hybridized carbons (Fsp3) is 0.409. The number of rotatable bonds is 9. The van der Waals surface area contributed by atoms with Gasteiger partial charge in [0.05, 0.1) is 20.8 Å². The van der Waals surface area contributed by atoms with Crippen molar-refractivity contribution in [3.8, 4) is 11.5 Å². The van der Waals surface area contributed by atoms with Crippen LogP contribution >= 0.6 is 0 Å². The van der Waals surface area contributed by atoms with Crippen molar-refractivity contribution in [1.29, 1.82) is 0 Å². The summed E-state index contributed by atoms with van der Waals surface area (Å²) in [5, 5.41) is 6.26. The normalized spacial score (nSPS) is 10.7. The Balaban J connectivity index is 1.85. The van der Waals surface area contributed by atoms with Gasteiger partial charge in [-0.15, -0.1) is 0 Å². The number of amides is 1. The molecule has 0 aliphatic heterocycles. The summed E-state index contributed by atoms with van der Waals surface area (Å²) in [7, 11) is 3.25. The summed E-state index contributed by atoms with van der Waals surface area (Å²) in [6.07, 6.45) is 0.801. The maximum Gasteiger partial charge on any atom is 0.238 e. The Hall–Kier alpha value is -2.53. The standard InChI is InChI=1S/C22H30N2O3/c1-15(2)18-8-6-7-16(3)22(18)24-21(25)14-23-12-11-17-9-10-19(26-4)20(13-17)27-5/h6-10,13,15,23H,11-12,14H2,1-5H3,(H,24,25). The monoisotopic (exact) mass is 370 g/mol. The van der Waals surface area contributed by atoms with E-state index in [1.54, 1.807) is 14.2 Å². The fourth-order valence-corrected chi connectivity index (χ4v) is 3.00. The van der Waals surface area contributed by atoms with Crippen LogP contribution in [0.3, 0.4) is 0 Å². The van der Waals surface area contributed by atoms with Gasteiger partial charge in [0.2, 0.25) is 5.91 Å². The van der Waals surface area contributed by atoms with Crippen molar-refractivity contribution in [3.05, 3.63) is 53.1 Å². The van der Waals surface area contributed by atoms with E-state index in [1.807, 2.05) is 37.3 Å². The number of hydrogen-bond donors (Lipinski definition) is 2. The van der Waals surface area contributed by atoms with E-state index < -0.39 is 0 Å². The van der Waals surface area contributed by atoms with E-state index in [2.05, 4.69) is 30.5 Å². The highest BCUT2D eigenvalue weighted by molar-refractivity contribution is 5.93. The summed E-state index contributed by atoms with van der Waals surface area (Å²) in [5.74, 6) is 1.76. The Morgan fingerprint density at radius 2 is 1.81 bits per heavy atom. The van der Waals surface area contributed by atoms with Gasteiger partial charge in [-0.1, -0.05) is 38.1 Å². The molecule has 0 saturated heterocycles. The number of ether oxygens (including phenoxy) is 2. The SMILES string of the molecule is COc1ccc(CCNCC(=O)Nc2c(C)cccc2C(C)C)cc1OC. The Bertz CT molecular complexity index is 772. The molecule has 0 saturated carbocycles. The second-order valence-corrected chi connectivity index (χ2v) is 6.86. The highest BCUT2D eigenvalue weighted by Gasteiger charge is 2.12. The van der Waals surface area contributed by atoms with Crippen molar-refractivity contribution in [2.45, 2.75) is 33.1 Å². The van der Waals surface area contributed by atoms with Crippen LogP contribution in [0.5, 0.6) is 11.5 Å². The summed E-state index contributed by atoms with van der Waals surface area (Å²) < 4.78 is 10.6. The molecule has 2 aromatic rings. The summed E-state index contributed by atoms with van der Waals surface area (Å²) in [5.41, 5.74) is 4.30. The number of para-hydroxylation sites is 1. The van der Waals surface area contributed by atoms with Crippen LogP contribution in [0.1, 0.15) is 36.5 Å². The van der Waals surface area contributed by atoms with E-state index in [0.29, 0.717) is 24.0 Å². The van der Waals surface area contributed by atoms with Crippen molar-refractivity contribution in [1.82, 2.24) is 5.32 Å². The predicted molar refractivity (Wildman–Crippen MR) is 110 cm³/mol. The van der Waals surface area contributed by atoms with Crippen LogP contribution in [0.2, 0.25) is 0 Å². The van der Waals surface area contributed by atoms with Gasteiger partial charge in [0.1, 0.15) is 0 Å². The summed E-state index contributed by atoms with van der Waals surface area (Å²) in [6.45, 7) is 7.26. The summed E-state index contributed by atoms with van der Waals surface area (Å²) in [6, 6.07) is 12.0. The smallest absolute Gasteiger partial charge is 0.238 e. The van der Waals surface area contributed by atoms with Gasteiger partial charge in [-0.2, -0.15) is 0 Å². The number of anilines is 1. The van der Waals surface area contributed by atoms with Crippen LogP contribution in [0.15, 0.2) is 36.4 Å². The predicted octanol–water partition coefficient (Wildman–Crippen LogP) is 3.91. The molecule has 0 aliphatic carbocycles. The van der Waals surface area contributed by atoms with E-state index in [0.717, 1.165) is 28.8 Å². The molecule has 146 valence electrons. The number of methoxy groups -OCH3 is 2. The molecule has 0 aromatic heterocycles. The molecule has 0 fully saturated rings. The number of nitrogens with one attached hydrogen (secondary N) is 2. The molecule has 0 spiro atoms. The number of aryl methyl sites for hydroxylation is 1. The minimum absolute atomic E-state index is 0.0292. The number of carbonyl (C=O) groups is 1. The van der Waals surface area contributed by atoms with E-state index in [9.17, 15) is 4.79 Å². The molecular formula is C22H30N2O3. The van der Waals surface area contributed by atoms with Crippen LogP contribution in [0, 0.1) is 6.92 Å². The van der Waals surface area contributed by atoms with Crippen molar-refractivity contribution in [2.24, 2.45) is 0 Å². The summed E-state index contributed by atoms with van der Waals surface area (Å²) in [4.78, 5) is 12.3. The molecule has 0 heterocycles. The Morgan fingerprint density at radius 1 is 1.07 bits per heavy atom. The van der Waals surface area contributed by atoms with Gasteiger partial charge in [0, 0.05) is 5.69 Å². The third-order valence-corrected chi connectivity index (χ3v) is 4.52. The largest absolute Gasteiger partial charge is 0.493 e. The molecule has 5 heteroatoms. The molecule has 0 radical (unpaired) electrons. The highest BCUT2D eigenvalue weighted by atomic mass is 16.5. The second kappa shape index (κ2) is 9.97. The molecule has 5 nitrogen and oxygen atoms in total. The Morgan fingerprint density at radius 3 is 2.48 bits per heavy atom. The first-order valence-corrected chi connectivity index (χ1v) is 9.27. The topological polar surface area (TPSA) is 59.6 Å². The van der Waals surface area contributed by atoms with Crippen LogP contribution in [-0.2, 0) is 11.2 Å². The van der Waals surface area contributed by atoms with E-state index >= 15 is 0 Å². The molecule has 0 unspecified atom stereocenters. The molecule has 0 bridgehead atoms. The maximum absolute atomic E-state index is 12.3. The summed E-state index contributed by atoms with van der Waals surface area (Å²) >= 11 is 0. The third-order valence-electron chi connectivity index (χ3n) is 4.52. The lowest BCUT2D eigenvalue weighted by molar-refractivity contribution is -0.115. The first-order chi connectivity index (χ1) is 13.0. The quantitative estimate of drug-likeness (QED) is 0.657. The van der Waals surface area contributed by atoms with E-state index in [4.69, 9.17) is 9.47 Å². The van der Waals surface area contributed by atoms with Gasteiger partial charge < -0.3 is 20.1 Å². The minimum Gasteiger partial charge on any atom is -0.493 e. The Kier molecular flexibility index (Phi) is 7.67. The lowest BCUT2D eigenvalue weighted by Gasteiger charge is -2.16. The zero-order valence-electron chi connectivity index (χ0n) is 16.9. The van der Waals surface area contributed by atoms with Gasteiger partial charge in [-0.05, 0) is 54.6 Å². The van der Waals surface area contributed by atoms with Crippen LogP contribution in [0.4, 0.5) is 5.69 Å². The van der Waals surface area contributed by atoms with Gasteiger partial charge in [-0.25, -0.2) is 0 Å². The fourth-order valence-electron chi connectivity index (χ4n) is 3.00. The van der Waals surface area contributed by atoms with Gasteiger partial charge in [-0.3, -0.25) is 4.79 Å². The molecule has 0 aliphatic rings. The Labute approximate surface area is 162 Å². The van der Waals surface area contributed by atoms with Crippen LogP contribution < -0.4 is 20.1 Å². The number of hydrogen-bond acceptors (Lipinski definition) is 4. The molecule has 0 atom stereocenters. The van der Waals surface area contributed by atoms with Gasteiger partial charge >= 0.3 is 0 Å². The lowest BCUT2D eigenvalue weighted by Crippen LogP contribution is -2.30. The first kappa shape index (κ1) is 20.8. The molecule has 2 aromatic carbocycles. The molecular weight excluding hydrogens is 340 g/mol. The lowest BCUT2D eigenvalue weighted by atomic mass is 9.98. The van der Waals surface area contributed by atoms with Crippen molar-refractivity contribution < 1.29 is 14.3 Å². The van der Waals surface area contributed by atoms with Gasteiger partial charge in [0.15, 0.2) is 11.5 Å². The van der Waals surface area contributed by atoms with Crippen LogP contribution in [-0.4, -0.2) is 33.2 Å². The molecule has 2 N–H and O–H groups in total. The second-order valence-electron chi connectivity index (χ2n) is 6.86. The number of benzene rings is 2. The van der Waals surface area contributed by atoms with E-state index in [1.165, 1.54) is 0 Å². The van der Waals surface area contributed by atoms with Crippen LogP contribution in [0.25, 0.3) is 0 Å². The molecule has 1 amide bonds. The maximum atomic E-state index is 12.3. The minimum atomic E-state index is -0.0292. The molecule has 27 heavy (non-hydrogen) atoms. The highest BCUT2D eigenvalue weighted by Crippen LogP contribution is 2.28. The first-order valence-electron chi connectivity index (χ1n) is 9.27.